The molecule has 1 amide bonds. The predicted molar refractivity (Wildman–Crippen MR) is 115 cm³/mol. The summed E-state index contributed by atoms with van der Waals surface area (Å²) in [6, 6.07) is 11.4. The van der Waals surface area contributed by atoms with Crippen LogP contribution in [0.4, 0.5) is 17.5 Å². The second-order valence-corrected chi connectivity index (χ2v) is 7.26. The maximum absolute atomic E-state index is 12.7. The minimum Gasteiger partial charge on any atom is -0.353 e. The van der Waals surface area contributed by atoms with Crippen LogP contribution in [-0.2, 0) is 0 Å². The molecule has 29 heavy (non-hydrogen) atoms. The Morgan fingerprint density at radius 1 is 0.862 bits per heavy atom. The van der Waals surface area contributed by atoms with E-state index in [1.165, 1.54) is 0 Å². The fraction of sp³-hybridized carbons (Fsp3) is 0.273. The first-order valence-corrected chi connectivity index (χ1v) is 9.71. The van der Waals surface area contributed by atoms with Crippen LogP contribution < -0.4 is 15.1 Å². The highest BCUT2D eigenvalue weighted by Crippen LogP contribution is 2.19. The van der Waals surface area contributed by atoms with Gasteiger partial charge in [-0.1, -0.05) is 6.07 Å². The molecule has 148 valence electrons. The lowest BCUT2D eigenvalue weighted by Gasteiger charge is -2.35. The van der Waals surface area contributed by atoms with E-state index in [2.05, 4.69) is 36.1 Å². The monoisotopic (exact) mass is 388 g/mol. The Bertz CT molecular complexity index is 979. The fourth-order valence-corrected chi connectivity index (χ4v) is 3.57. The van der Waals surface area contributed by atoms with Gasteiger partial charge in [-0.25, -0.2) is 15.0 Å². The third kappa shape index (κ3) is 4.51. The van der Waals surface area contributed by atoms with Gasteiger partial charge < -0.3 is 15.1 Å². The van der Waals surface area contributed by atoms with Crippen LogP contribution in [0.25, 0.3) is 0 Å². The van der Waals surface area contributed by atoms with Crippen LogP contribution in [-0.4, -0.2) is 47.0 Å². The zero-order valence-electron chi connectivity index (χ0n) is 16.7. The lowest BCUT2D eigenvalue weighted by atomic mass is 10.1. The van der Waals surface area contributed by atoms with Crippen molar-refractivity contribution in [3.8, 4) is 0 Å². The van der Waals surface area contributed by atoms with Crippen LogP contribution in [0, 0.1) is 13.8 Å². The second-order valence-electron chi connectivity index (χ2n) is 7.26. The van der Waals surface area contributed by atoms with Crippen molar-refractivity contribution < 1.29 is 4.79 Å². The Morgan fingerprint density at radius 3 is 2.21 bits per heavy atom. The number of pyridine rings is 1. The topological polar surface area (TPSA) is 74.2 Å². The number of rotatable bonds is 4. The van der Waals surface area contributed by atoms with Gasteiger partial charge in [0.25, 0.3) is 5.91 Å². The van der Waals surface area contributed by atoms with Gasteiger partial charge in [-0.15, -0.1) is 0 Å². The van der Waals surface area contributed by atoms with Gasteiger partial charge in [0.05, 0.1) is 0 Å². The summed E-state index contributed by atoms with van der Waals surface area (Å²) < 4.78 is 0. The van der Waals surface area contributed by atoms with Crippen molar-refractivity contribution in [3.05, 3.63) is 71.7 Å². The highest BCUT2D eigenvalue weighted by atomic mass is 16.1. The number of anilines is 3. The van der Waals surface area contributed by atoms with Gasteiger partial charge in [-0.3, -0.25) is 4.79 Å². The molecule has 1 aliphatic rings. The van der Waals surface area contributed by atoms with Gasteiger partial charge in [-0.2, -0.15) is 0 Å². The summed E-state index contributed by atoms with van der Waals surface area (Å²) in [4.78, 5) is 30.2. The Hall–Kier alpha value is -3.48. The number of benzene rings is 1. The Balaban J connectivity index is 1.43. The van der Waals surface area contributed by atoms with Gasteiger partial charge in [0, 0.05) is 56.0 Å². The molecule has 2 aromatic heterocycles. The molecule has 7 heteroatoms. The molecule has 0 bridgehead atoms. The lowest BCUT2D eigenvalue weighted by Crippen LogP contribution is -2.47. The maximum Gasteiger partial charge on any atom is 0.255 e. The largest absolute Gasteiger partial charge is 0.353 e. The second kappa shape index (κ2) is 8.26. The van der Waals surface area contributed by atoms with Crippen LogP contribution in [0.3, 0.4) is 0 Å². The van der Waals surface area contributed by atoms with Crippen molar-refractivity contribution in [1.29, 1.82) is 0 Å². The average Bonchev–Trinajstić information content (AvgIpc) is 2.74. The lowest BCUT2D eigenvalue weighted by molar-refractivity contribution is 0.102. The molecule has 0 unspecified atom stereocenters. The number of hydrogen-bond acceptors (Lipinski definition) is 6. The minimum absolute atomic E-state index is 0.130. The third-order valence-electron chi connectivity index (χ3n) is 4.93. The molecule has 1 saturated heterocycles. The van der Waals surface area contributed by atoms with E-state index < -0.39 is 0 Å². The van der Waals surface area contributed by atoms with Gasteiger partial charge in [0.2, 0.25) is 5.95 Å². The molecule has 1 aromatic carbocycles. The Morgan fingerprint density at radius 2 is 1.52 bits per heavy atom. The average molecular weight is 388 g/mol. The number of nitrogens with one attached hydrogen (secondary N) is 1. The van der Waals surface area contributed by atoms with Crippen LogP contribution in [0.2, 0.25) is 0 Å². The minimum atomic E-state index is -0.130. The van der Waals surface area contributed by atoms with Gasteiger partial charge in [-0.05, 0) is 55.3 Å². The van der Waals surface area contributed by atoms with Gasteiger partial charge in [0.15, 0.2) is 0 Å². The molecule has 4 rings (SSSR count). The molecule has 3 aromatic rings. The van der Waals surface area contributed by atoms with E-state index in [1.54, 1.807) is 24.7 Å². The van der Waals surface area contributed by atoms with E-state index in [4.69, 9.17) is 0 Å². The standard InChI is InChI=1S/C22H24N6O/c1-16-12-17(2)14-19(13-16)26-21(29)18-4-7-23-20(15-18)27-8-10-28(11-9-27)22-24-5-3-6-25-22/h3-7,12-15H,8-11H2,1-2H3,(H,26,29). The summed E-state index contributed by atoms with van der Waals surface area (Å²) in [5, 5.41) is 2.99. The predicted octanol–water partition coefficient (Wildman–Crippen LogP) is 3.07. The number of amides is 1. The molecule has 0 spiro atoms. The van der Waals surface area contributed by atoms with Crippen molar-refractivity contribution in [2.45, 2.75) is 13.8 Å². The van der Waals surface area contributed by atoms with E-state index >= 15 is 0 Å². The smallest absolute Gasteiger partial charge is 0.255 e. The normalized spacial score (nSPS) is 14.0. The van der Waals surface area contributed by atoms with E-state index in [0.717, 1.165) is 54.8 Å². The molecule has 3 heterocycles. The quantitative estimate of drug-likeness (QED) is 0.740. The van der Waals surface area contributed by atoms with Gasteiger partial charge >= 0.3 is 0 Å². The van der Waals surface area contributed by atoms with Crippen molar-refractivity contribution in [2.24, 2.45) is 0 Å². The fourth-order valence-electron chi connectivity index (χ4n) is 3.57. The number of aryl methyl sites for hydroxylation is 2. The van der Waals surface area contributed by atoms with E-state index in [1.807, 2.05) is 38.1 Å². The molecule has 0 atom stereocenters. The van der Waals surface area contributed by atoms with Crippen LogP contribution in [0.1, 0.15) is 21.5 Å². The van der Waals surface area contributed by atoms with E-state index in [0.29, 0.717) is 5.56 Å². The molecule has 1 fully saturated rings. The summed E-state index contributed by atoms with van der Waals surface area (Å²) in [6.07, 6.45) is 5.21. The van der Waals surface area contributed by atoms with Crippen LogP contribution in [0.15, 0.2) is 55.0 Å². The number of carbonyl (C=O) groups excluding carboxylic acids is 1. The first-order chi connectivity index (χ1) is 14.1. The van der Waals surface area contributed by atoms with Crippen molar-refractivity contribution in [1.82, 2.24) is 15.0 Å². The summed E-state index contributed by atoms with van der Waals surface area (Å²) in [5.41, 5.74) is 3.65. The molecule has 7 nitrogen and oxygen atoms in total. The van der Waals surface area contributed by atoms with Gasteiger partial charge in [0.1, 0.15) is 5.82 Å². The highest BCUT2D eigenvalue weighted by Gasteiger charge is 2.20. The first kappa shape index (κ1) is 18.9. The first-order valence-electron chi connectivity index (χ1n) is 9.71. The molecular formula is C22H24N6O. The number of carbonyl (C=O) groups is 1. The molecule has 0 radical (unpaired) electrons. The summed E-state index contributed by atoms with van der Waals surface area (Å²) in [7, 11) is 0. The van der Waals surface area contributed by atoms with Crippen LogP contribution in [0.5, 0.6) is 0 Å². The van der Waals surface area contributed by atoms with Crippen molar-refractivity contribution >= 4 is 23.4 Å². The highest BCUT2D eigenvalue weighted by molar-refractivity contribution is 6.04. The summed E-state index contributed by atoms with van der Waals surface area (Å²) in [5.74, 6) is 1.43. The van der Waals surface area contributed by atoms with E-state index in [9.17, 15) is 4.79 Å². The molecule has 0 saturated carbocycles. The maximum atomic E-state index is 12.7. The zero-order chi connectivity index (χ0) is 20.2. The summed E-state index contributed by atoms with van der Waals surface area (Å²) >= 11 is 0. The zero-order valence-corrected chi connectivity index (χ0v) is 16.7. The number of nitrogens with zero attached hydrogens (tertiary/aromatic N) is 5. The molecule has 1 N–H and O–H groups in total. The third-order valence-corrected chi connectivity index (χ3v) is 4.93. The Labute approximate surface area is 170 Å². The van der Waals surface area contributed by atoms with Crippen LogP contribution >= 0.6 is 0 Å². The van der Waals surface area contributed by atoms with E-state index in [-0.39, 0.29) is 5.91 Å². The SMILES string of the molecule is Cc1cc(C)cc(NC(=O)c2ccnc(N3CCN(c4ncccn4)CC3)c2)c1. The van der Waals surface area contributed by atoms with Crippen molar-refractivity contribution in [2.75, 3.05) is 41.3 Å². The van der Waals surface area contributed by atoms with Crippen molar-refractivity contribution in [3.63, 3.8) is 0 Å². The molecular weight excluding hydrogens is 364 g/mol. The summed E-state index contributed by atoms with van der Waals surface area (Å²) in [6.45, 7) is 7.26. The number of hydrogen-bond donors (Lipinski definition) is 1. The number of piperazine rings is 1. The number of aromatic nitrogens is 3. The molecule has 0 aliphatic carbocycles. The Kier molecular flexibility index (Phi) is 5.37. The molecule has 1 aliphatic heterocycles.